The molecule has 7 nitrogen and oxygen atoms in total. The van der Waals surface area contributed by atoms with Gasteiger partial charge in [0.05, 0.1) is 33.6 Å². The molecule has 8 heteroatoms. The number of carbonyl (C=O) groups excluding carboxylic acids is 4. The minimum absolute atomic E-state index is 0.271. The van der Waals surface area contributed by atoms with Gasteiger partial charge in [-0.15, -0.1) is 0 Å². The average Bonchev–Trinajstić information content (AvgIpc) is 3.29. The number of ketones is 1. The Morgan fingerprint density at radius 3 is 2.12 bits per heavy atom. The summed E-state index contributed by atoms with van der Waals surface area (Å²) in [5.41, 5.74) is 4.65. The standard InChI is InChI=1S/C35H25BrN2O5/c1-3-21-17-24(36)18-28-29(35(42)43-20(2)32(39)23-9-5-4-6-10-23)19-30(37-31(21)28)22-13-15-25(16-14-22)38-33(40)26-11-7-8-12-27(26)34(38)41/h4-20H,3H2,1-2H3. The van der Waals surface area contributed by atoms with Crippen LogP contribution in [0.3, 0.4) is 0 Å². The number of hydrogen-bond acceptors (Lipinski definition) is 6. The van der Waals surface area contributed by atoms with Crippen molar-refractivity contribution in [1.29, 1.82) is 0 Å². The number of aryl methyl sites for hydroxylation is 1. The molecule has 1 aliphatic heterocycles. The molecule has 43 heavy (non-hydrogen) atoms. The fraction of sp³-hybridized carbons (Fsp3) is 0.114. The highest BCUT2D eigenvalue weighted by Crippen LogP contribution is 2.33. The Bertz CT molecular complexity index is 1900. The van der Waals surface area contributed by atoms with Gasteiger partial charge < -0.3 is 4.74 Å². The number of pyridine rings is 1. The van der Waals surface area contributed by atoms with Crippen LogP contribution >= 0.6 is 15.9 Å². The van der Waals surface area contributed by atoms with Crippen LogP contribution in [0.2, 0.25) is 0 Å². The largest absolute Gasteiger partial charge is 0.451 e. The lowest BCUT2D eigenvalue weighted by Crippen LogP contribution is -2.29. The zero-order chi connectivity index (χ0) is 30.2. The molecule has 1 unspecified atom stereocenters. The molecular formula is C35H25BrN2O5. The summed E-state index contributed by atoms with van der Waals surface area (Å²) in [5, 5.41) is 0.599. The van der Waals surface area contributed by atoms with Crippen molar-refractivity contribution < 1.29 is 23.9 Å². The van der Waals surface area contributed by atoms with Crippen molar-refractivity contribution in [3.05, 3.63) is 129 Å². The highest BCUT2D eigenvalue weighted by atomic mass is 79.9. The number of nitrogens with zero attached hydrogens (tertiary/aromatic N) is 2. The molecule has 0 saturated heterocycles. The summed E-state index contributed by atoms with van der Waals surface area (Å²) >= 11 is 3.54. The smallest absolute Gasteiger partial charge is 0.339 e. The van der Waals surface area contributed by atoms with Crippen LogP contribution in [0.15, 0.2) is 102 Å². The molecule has 212 valence electrons. The number of fused-ring (bicyclic) bond motifs is 2. The molecule has 1 aromatic heterocycles. The van der Waals surface area contributed by atoms with E-state index in [1.165, 1.54) is 0 Å². The second-order valence-electron chi connectivity index (χ2n) is 10.2. The van der Waals surface area contributed by atoms with Crippen molar-refractivity contribution in [2.75, 3.05) is 4.90 Å². The molecule has 2 heterocycles. The van der Waals surface area contributed by atoms with Crippen LogP contribution in [0.25, 0.3) is 22.2 Å². The van der Waals surface area contributed by atoms with E-state index in [4.69, 9.17) is 9.72 Å². The summed E-state index contributed by atoms with van der Waals surface area (Å²) in [6, 6.07) is 27.7. The third-order valence-electron chi connectivity index (χ3n) is 7.48. The predicted octanol–water partition coefficient (Wildman–Crippen LogP) is 7.46. The number of esters is 1. The van der Waals surface area contributed by atoms with Crippen LogP contribution in [0.1, 0.15) is 60.8 Å². The summed E-state index contributed by atoms with van der Waals surface area (Å²) in [5.74, 6) is -1.70. The van der Waals surface area contributed by atoms with Gasteiger partial charge in [-0.3, -0.25) is 14.4 Å². The maximum absolute atomic E-state index is 13.6. The summed E-state index contributed by atoms with van der Waals surface area (Å²) < 4.78 is 6.48. The molecule has 5 aromatic rings. The Labute approximate surface area is 256 Å². The fourth-order valence-electron chi connectivity index (χ4n) is 5.27. The predicted molar refractivity (Wildman–Crippen MR) is 167 cm³/mol. The summed E-state index contributed by atoms with van der Waals surface area (Å²) in [4.78, 5) is 58.5. The minimum Gasteiger partial charge on any atom is -0.451 e. The maximum atomic E-state index is 13.6. The van der Waals surface area contributed by atoms with Gasteiger partial charge >= 0.3 is 5.97 Å². The van der Waals surface area contributed by atoms with Gasteiger partial charge in [0, 0.05) is 21.0 Å². The first-order valence-electron chi connectivity index (χ1n) is 13.8. The van der Waals surface area contributed by atoms with Gasteiger partial charge in [0.25, 0.3) is 11.8 Å². The third kappa shape index (κ3) is 5.15. The van der Waals surface area contributed by atoms with Crippen molar-refractivity contribution >= 4 is 56.1 Å². The molecule has 0 saturated carbocycles. The number of halogens is 1. The average molecular weight is 633 g/mol. The first-order chi connectivity index (χ1) is 20.8. The van der Waals surface area contributed by atoms with E-state index in [-0.39, 0.29) is 23.2 Å². The number of Topliss-reactive ketones (excluding diaryl/α,β-unsaturated/α-hetero) is 1. The van der Waals surface area contributed by atoms with Crippen molar-refractivity contribution in [1.82, 2.24) is 4.98 Å². The Hall–Kier alpha value is -4.95. The summed E-state index contributed by atoms with van der Waals surface area (Å²) in [6.07, 6.45) is -0.332. The van der Waals surface area contributed by atoms with Gasteiger partial charge in [-0.25, -0.2) is 14.7 Å². The lowest BCUT2D eigenvalue weighted by Gasteiger charge is -2.17. The highest BCUT2D eigenvalue weighted by molar-refractivity contribution is 9.10. The van der Waals surface area contributed by atoms with E-state index in [9.17, 15) is 19.2 Å². The van der Waals surface area contributed by atoms with Gasteiger partial charge in [0.2, 0.25) is 5.78 Å². The van der Waals surface area contributed by atoms with Gasteiger partial charge in [0.1, 0.15) is 0 Å². The molecule has 0 fully saturated rings. The zero-order valence-electron chi connectivity index (χ0n) is 23.3. The van der Waals surface area contributed by atoms with Crippen LogP contribution < -0.4 is 4.90 Å². The fourth-order valence-corrected chi connectivity index (χ4v) is 5.77. The van der Waals surface area contributed by atoms with Crippen molar-refractivity contribution in [3.63, 3.8) is 0 Å². The van der Waals surface area contributed by atoms with Crippen molar-refractivity contribution in [2.24, 2.45) is 0 Å². The number of benzene rings is 4. The number of imide groups is 1. The Morgan fingerprint density at radius 2 is 1.49 bits per heavy atom. The molecule has 4 aromatic carbocycles. The van der Waals surface area contributed by atoms with E-state index in [1.807, 2.05) is 25.1 Å². The number of ether oxygens (including phenoxy) is 1. The van der Waals surface area contributed by atoms with Crippen LogP contribution in [0.5, 0.6) is 0 Å². The molecule has 0 aliphatic carbocycles. The molecule has 1 aliphatic rings. The highest BCUT2D eigenvalue weighted by Gasteiger charge is 2.36. The molecule has 0 spiro atoms. The quantitative estimate of drug-likeness (QED) is 0.105. The molecule has 0 radical (unpaired) electrons. The SMILES string of the molecule is CCc1cc(Br)cc2c(C(=O)OC(C)C(=O)c3ccccc3)cc(-c3ccc(N4C(=O)c5ccccc5C4=O)cc3)nc12. The first kappa shape index (κ1) is 28.2. The number of carbonyl (C=O) groups is 4. The van der Waals surface area contributed by atoms with Crippen LogP contribution in [0.4, 0.5) is 5.69 Å². The van der Waals surface area contributed by atoms with Gasteiger partial charge in [-0.1, -0.05) is 77.5 Å². The van der Waals surface area contributed by atoms with Crippen molar-refractivity contribution in [2.45, 2.75) is 26.4 Å². The van der Waals surface area contributed by atoms with Gasteiger partial charge in [-0.05, 0) is 61.4 Å². The van der Waals surface area contributed by atoms with Gasteiger partial charge in [-0.2, -0.15) is 0 Å². The molecule has 6 rings (SSSR count). The maximum Gasteiger partial charge on any atom is 0.339 e. The molecular weight excluding hydrogens is 608 g/mol. The third-order valence-corrected chi connectivity index (χ3v) is 7.94. The second kappa shape index (κ2) is 11.4. The summed E-state index contributed by atoms with van der Waals surface area (Å²) in [7, 11) is 0. The minimum atomic E-state index is -1.00. The van der Waals surface area contributed by atoms with Gasteiger partial charge in [0.15, 0.2) is 6.10 Å². The second-order valence-corrected chi connectivity index (χ2v) is 11.1. The van der Waals surface area contributed by atoms with E-state index in [0.29, 0.717) is 51.0 Å². The van der Waals surface area contributed by atoms with Crippen LogP contribution in [-0.2, 0) is 11.2 Å². The Balaban J connectivity index is 1.37. The number of amides is 2. The first-order valence-corrected chi connectivity index (χ1v) is 14.6. The van der Waals surface area contributed by atoms with E-state index in [2.05, 4.69) is 15.9 Å². The molecule has 0 bridgehead atoms. The number of anilines is 1. The lowest BCUT2D eigenvalue weighted by atomic mass is 10.00. The molecule has 2 amide bonds. The monoisotopic (exact) mass is 632 g/mol. The Morgan fingerprint density at radius 1 is 0.860 bits per heavy atom. The normalized spacial score (nSPS) is 13.2. The van der Waals surface area contributed by atoms with Crippen LogP contribution in [0, 0.1) is 0 Å². The lowest BCUT2D eigenvalue weighted by molar-refractivity contribution is 0.0320. The Kier molecular flexibility index (Phi) is 7.46. The number of rotatable bonds is 7. The van der Waals surface area contributed by atoms with E-state index in [0.717, 1.165) is 14.9 Å². The van der Waals surface area contributed by atoms with E-state index in [1.54, 1.807) is 85.8 Å². The zero-order valence-corrected chi connectivity index (χ0v) is 24.9. The van der Waals surface area contributed by atoms with E-state index < -0.39 is 12.1 Å². The van der Waals surface area contributed by atoms with Crippen LogP contribution in [-0.4, -0.2) is 34.7 Å². The van der Waals surface area contributed by atoms with Crippen molar-refractivity contribution in [3.8, 4) is 11.3 Å². The molecule has 1 atom stereocenters. The number of aromatic nitrogens is 1. The summed E-state index contributed by atoms with van der Waals surface area (Å²) in [6.45, 7) is 3.56. The topological polar surface area (TPSA) is 93.6 Å². The molecule has 0 N–H and O–H groups in total. The number of hydrogen-bond donors (Lipinski definition) is 0. The van der Waals surface area contributed by atoms with E-state index >= 15 is 0 Å².